The van der Waals surface area contributed by atoms with Gasteiger partial charge in [-0.3, -0.25) is 0 Å². The number of rotatable bonds is 6. The van der Waals surface area contributed by atoms with E-state index in [0.29, 0.717) is 23.7 Å². The summed E-state index contributed by atoms with van der Waals surface area (Å²) in [6.45, 7) is 2.52. The van der Waals surface area contributed by atoms with Crippen LogP contribution in [0.2, 0.25) is 0 Å². The fourth-order valence-electron chi connectivity index (χ4n) is 1.36. The second-order valence-electron chi connectivity index (χ2n) is 3.46. The van der Waals surface area contributed by atoms with E-state index in [9.17, 15) is 8.42 Å². The van der Waals surface area contributed by atoms with E-state index in [4.69, 9.17) is 11.6 Å². The van der Waals surface area contributed by atoms with Gasteiger partial charge in [0.05, 0.1) is 10.6 Å². The first-order valence-electron chi connectivity index (χ1n) is 5.23. The molecular weight excluding hydrogens is 246 g/mol. The molecule has 5 heteroatoms. The first kappa shape index (κ1) is 13.3. The zero-order valence-corrected chi connectivity index (χ0v) is 10.8. The summed E-state index contributed by atoms with van der Waals surface area (Å²) in [6.07, 6.45) is 0.634. The minimum Gasteiger partial charge on any atom is -0.384 e. The summed E-state index contributed by atoms with van der Waals surface area (Å²) in [7, 11) is -3.10. The highest BCUT2D eigenvalue weighted by Gasteiger charge is 2.12. The predicted octanol–water partition coefficient (Wildman–Crippen LogP) is 2.52. The Morgan fingerprint density at radius 2 is 1.88 bits per heavy atom. The van der Waals surface area contributed by atoms with E-state index >= 15 is 0 Å². The van der Waals surface area contributed by atoms with Crippen LogP contribution < -0.4 is 5.32 Å². The maximum Gasteiger partial charge on any atom is 0.178 e. The van der Waals surface area contributed by atoms with Crippen LogP contribution in [-0.4, -0.2) is 26.6 Å². The van der Waals surface area contributed by atoms with Crippen LogP contribution in [-0.2, 0) is 9.84 Å². The van der Waals surface area contributed by atoms with Gasteiger partial charge >= 0.3 is 0 Å². The molecular formula is C11H16ClNO2S. The second kappa shape index (κ2) is 6.11. The third kappa shape index (κ3) is 3.68. The Kier molecular flexibility index (Phi) is 5.09. The van der Waals surface area contributed by atoms with Crippen LogP contribution in [0.3, 0.4) is 0 Å². The summed E-state index contributed by atoms with van der Waals surface area (Å²) in [5.74, 6) is 0.720. The van der Waals surface area contributed by atoms with Crippen LogP contribution in [0, 0.1) is 0 Å². The van der Waals surface area contributed by atoms with Gasteiger partial charge < -0.3 is 5.32 Å². The number of hydrogen-bond acceptors (Lipinski definition) is 3. The van der Waals surface area contributed by atoms with Crippen molar-refractivity contribution in [2.75, 3.05) is 23.5 Å². The number of sulfone groups is 1. The molecule has 0 atom stereocenters. The van der Waals surface area contributed by atoms with Gasteiger partial charge in [-0.2, -0.15) is 0 Å². The van der Waals surface area contributed by atoms with Crippen molar-refractivity contribution < 1.29 is 8.42 Å². The number of nitrogens with one attached hydrogen (secondary N) is 1. The van der Waals surface area contributed by atoms with E-state index < -0.39 is 9.84 Å². The smallest absolute Gasteiger partial charge is 0.178 e. The Balaban J connectivity index is 2.78. The van der Waals surface area contributed by atoms with Gasteiger partial charge in [0.25, 0.3) is 0 Å². The second-order valence-corrected chi connectivity index (χ2v) is 5.95. The van der Waals surface area contributed by atoms with Gasteiger partial charge in [0, 0.05) is 18.1 Å². The lowest BCUT2D eigenvalue weighted by Crippen LogP contribution is -2.06. The van der Waals surface area contributed by atoms with E-state index in [-0.39, 0.29) is 5.75 Å². The first-order valence-corrected chi connectivity index (χ1v) is 7.41. The molecule has 0 heterocycles. The lowest BCUT2D eigenvalue weighted by molar-refractivity contribution is 0.595. The van der Waals surface area contributed by atoms with Crippen molar-refractivity contribution in [3.05, 3.63) is 24.3 Å². The minimum absolute atomic E-state index is 0.196. The minimum atomic E-state index is -3.10. The van der Waals surface area contributed by atoms with Crippen LogP contribution in [0.5, 0.6) is 0 Å². The van der Waals surface area contributed by atoms with Crippen LogP contribution in [0.25, 0.3) is 0 Å². The zero-order valence-electron chi connectivity index (χ0n) is 9.24. The van der Waals surface area contributed by atoms with Gasteiger partial charge in [-0.25, -0.2) is 8.42 Å². The summed E-state index contributed by atoms with van der Waals surface area (Å²) in [6, 6.07) is 6.77. The van der Waals surface area contributed by atoms with Gasteiger partial charge in [-0.1, -0.05) is 6.92 Å². The molecule has 0 aromatic heterocycles. The summed E-state index contributed by atoms with van der Waals surface area (Å²) in [5.41, 5.74) is 0.885. The molecule has 0 aliphatic rings. The van der Waals surface area contributed by atoms with E-state index in [0.717, 1.165) is 5.69 Å². The Hall–Kier alpha value is -0.740. The summed E-state index contributed by atoms with van der Waals surface area (Å²) >= 11 is 5.54. The maximum absolute atomic E-state index is 11.7. The molecule has 1 rings (SSSR count). The van der Waals surface area contributed by atoms with Crippen LogP contribution >= 0.6 is 11.6 Å². The molecule has 0 aliphatic carbocycles. The largest absolute Gasteiger partial charge is 0.384 e. The van der Waals surface area contributed by atoms with Crippen LogP contribution in [0.4, 0.5) is 5.69 Å². The molecule has 0 spiro atoms. The number of alkyl halides is 1. The first-order chi connectivity index (χ1) is 7.60. The average Bonchev–Trinajstić information content (AvgIpc) is 2.27. The summed E-state index contributed by atoms with van der Waals surface area (Å²) < 4.78 is 23.4. The quantitative estimate of drug-likeness (QED) is 0.801. The molecule has 0 radical (unpaired) electrons. The summed E-state index contributed by atoms with van der Waals surface area (Å²) in [4.78, 5) is 0.380. The summed E-state index contributed by atoms with van der Waals surface area (Å²) in [5, 5.41) is 3.08. The number of benzene rings is 1. The number of halogens is 1. The van der Waals surface area contributed by atoms with E-state index in [1.165, 1.54) is 0 Å². The maximum atomic E-state index is 11.7. The Bertz CT molecular complexity index is 414. The number of hydrogen-bond donors (Lipinski definition) is 1. The molecule has 0 aliphatic heterocycles. The standard InChI is InChI=1S/C11H16ClNO2S/c1-2-9-16(14,15)11-5-3-10(4-6-11)13-8-7-12/h3-6,13H,2,7-9H2,1H3. The molecule has 0 unspecified atom stereocenters. The average molecular weight is 262 g/mol. The van der Waals surface area contributed by atoms with Crippen molar-refractivity contribution in [1.29, 1.82) is 0 Å². The lowest BCUT2D eigenvalue weighted by Gasteiger charge is -2.06. The van der Waals surface area contributed by atoms with E-state index in [1.807, 2.05) is 6.92 Å². The van der Waals surface area contributed by atoms with E-state index in [2.05, 4.69) is 5.32 Å². The van der Waals surface area contributed by atoms with Crippen molar-refractivity contribution in [2.45, 2.75) is 18.2 Å². The Labute approximate surface area is 102 Å². The van der Waals surface area contributed by atoms with Crippen LogP contribution in [0.15, 0.2) is 29.2 Å². The predicted molar refractivity (Wildman–Crippen MR) is 68.0 cm³/mol. The van der Waals surface area contributed by atoms with Gasteiger partial charge in [0.1, 0.15) is 0 Å². The molecule has 90 valence electrons. The normalized spacial score (nSPS) is 11.4. The van der Waals surface area contributed by atoms with Crippen molar-refractivity contribution in [2.24, 2.45) is 0 Å². The van der Waals surface area contributed by atoms with Crippen molar-refractivity contribution in [3.63, 3.8) is 0 Å². The molecule has 0 bridgehead atoms. The SMILES string of the molecule is CCCS(=O)(=O)c1ccc(NCCCl)cc1. The molecule has 1 aromatic carbocycles. The van der Waals surface area contributed by atoms with Crippen molar-refractivity contribution >= 4 is 27.1 Å². The van der Waals surface area contributed by atoms with E-state index in [1.54, 1.807) is 24.3 Å². The molecule has 0 fully saturated rings. The highest BCUT2D eigenvalue weighted by atomic mass is 35.5. The molecule has 16 heavy (non-hydrogen) atoms. The van der Waals surface area contributed by atoms with Crippen molar-refractivity contribution in [1.82, 2.24) is 0 Å². The molecule has 0 amide bonds. The Morgan fingerprint density at radius 1 is 1.25 bits per heavy atom. The molecule has 1 N–H and O–H groups in total. The molecule has 0 saturated heterocycles. The third-order valence-corrected chi connectivity index (χ3v) is 4.23. The van der Waals surface area contributed by atoms with Gasteiger partial charge in [0.15, 0.2) is 9.84 Å². The third-order valence-electron chi connectivity index (χ3n) is 2.11. The number of anilines is 1. The van der Waals surface area contributed by atoms with Gasteiger partial charge in [-0.05, 0) is 30.7 Å². The zero-order chi connectivity index (χ0) is 12.0. The highest BCUT2D eigenvalue weighted by molar-refractivity contribution is 7.91. The van der Waals surface area contributed by atoms with Crippen LogP contribution in [0.1, 0.15) is 13.3 Å². The Morgan fingerprint density at radius 3 is 2.38 bits per heavy atom. The highest BCUT2D eigenvalue weighted by Crippen LogP contribution is 2.15. The fraction of sp³-hybridized carbons (Fsp3) is 0.455. The molecule has 0 saturated carbocycles. The molecule has 3 nitrogen and oxygen atoms in total. The lowest BCUT2D eigenvalue weighted by atomic mass is 10.3. The monoisotopic (exact) mass is 261 g/mol. The van der Waals surface area contributed by atoms with Gasteiger partial charge in [-0.15, -0.1) is 11.6 Å². The topological polar surface area (TPSA) is 46.2 Å². The van der Waals surface area contributed by atoms with Gasteiger partial charge in [0.2, 0.25) is 0 Å². The van der Waals surface area contributed by atoms with Crippen molar-refractivity contribution in [3.8, 4) is 0 Å². The molecule has 1 aromatic rings. The fourth-order valence-corrected chi connectivity index (χ4v) is 2.78.